The van der Waals surface area contributed by atoms with Gasteiger partial charge in [-0.15, -0.1) is 11.6 Å². The highest BCUT2D eigenvalue weighted by Gasteiger charge is 2.25. The number of benzene rings is 2. The Balaban J connectivity index is 1.82. The Bertz CT molecular complexity index is 576. The highest BCUT2D eigenvalue weighted by atomic mass is 79.9. The van der Waals surface area contributed by atoms with Crippen molar-refractivity contribution in [2.75, 3.05) is 0 Å². The highest BCUT2D eigenvalue weighted by molar-refractivity contribution is 9.10. The Kier molecular flexibility index (Phi) is 4.48. The second kappa shape index (κ2) is 6.32. The lowest BCUT2D eigenvalue weighted by molar-refractivity contribution is 0.465. The smallest absolute Gasteiger partial charge is 0.0619 e. The number of fused-ring (bicyclic) bond motifs is 1. The number of rotatable bonds is 2. The van der Waals surface area contributed by atoms with Gasteiger partial charge in [-0.05, 0) is 60.4 Å². The molecule has 0 bridgehead atoms. The summed E-state index contributed by atoms with van der Waals surface area (Å²) < 4.78 is 1.13. The van der Waals surface area contributed by atoms with Crippen LogP contribution in [0.5, 0.6) is 0 Å². The molecule has 0 aliphatic heterocycles. The SMILES string of the molecule is ClC1c2ccccc2CCCC1Cc1ccc(Br)cc1. The molecule has 3 rings (SSSR count). The molecule has 0 saturated heterocycles. The molecule has 2 aromatic rings. The van der Waals surface area contributed by atoms with Gasteiger partial charge >= 0.3 is 0 Å². The first-order valence-corrected chi connectivity index (χ1v) is 8.43. The molecule has 0 spiro atoms. The lowest BCUT2D eigenvalue weighted by Crippen LogP contribution is -2.10. The molecule has 0 heterocycles. The quantitative estimate of drug-likeness (QED) is 0.466. The van der Waals surface area contributed by atoms with Crippen LogP contribution in [-0.2, 0) is 12.8 Å². The largest absolute Gasteiger partial charge is 0.117 e. The second-order valence-electron chi connectivity index (χ2n) is 5.58. The van der Waals surface area contributed by atoms with E-state index in [4.69, 9.17) is 11.6 Å². The van der Waals surface area contributed by atoms with E-state index in [9.17, 15) is 0 Å². The summed E-state index contributed by atoms with van der Waals surface area (Å²) in [6, 6.07) is 17.3. The van der Waals surface area contributed by atoms with E-state index in [1.807, 2.05) is 0 Å². The minimum absolute atomic E-state index is 0.136. The minimum Gasteiger partial charge on any atom is -0.117 e. The Morgan fingerprint density at radius 2 is 1.80 bits per heavy atom. The first-order valence-electron chi connectivity index (χ1n) is 7.20. The lowest BCUT2D eigenvalue weighted by Gasteiger charge is -2.21. The van der Waals surface area contributed by atoms with Crippen LogP contribution >= 0.6 is 27.5 Å². The van der Waals surface area contributed by atoms with Crippen LogP contribution in [0.3, 0.4) is 0 Å². The van der Waals surface area contributed by atoms with Crippen molar-refractivity contribution in [1.82, 2.24) is 0 Å². The zero-order chi connectivity index (χ0) is 13.9. The molecule has 0 aromatic heterocycles. The van der Waals surface area contributed by atoms with E-state index in [1.54, 1.807) is 0 Å². The second-order valence-corrected chi connectivity index (χ2v) is 6.97. The van der Waals surface area contributed by atoms with E-state index < -0.39 is 0 Å². The van der Waals surface area contributed by atoms with Crippen LogP contribution in [0.25, 0.3) is 0 Å². The van der Waals surface area contributed by atoms with Gasteiger partial charge in [-0.1, -0.05) is 52.3 Å². The molecule has 0 radical (unpaired) electrons. The molecular weight excluding hydrogens is 332 g/mol. The first kappa shape index (κ1) is 14.2. The van der Waals surface area contributed by atoms with E-state index >= 15 is 0 Å². The van der Waals surface area contributed by atoms with Gasteiger partial charge in [0.15, 0.2) is 0 Å². The molecule has 2 unspecified atom stereocenters. The molecule has 0 amide bonds. The molecule has 1 aliphatic carbocycles. The topological polar surface area (TPSA) is 0 Å². The van der Waals surface area contributed by atoms with Crippen molar-refractivity contribution in [3.8, 4) is 0 Å². The summed E-state index contributed by atoms with van der Waals surface area (Å²) in [5, 5.41) is 0.136. The van der Waals surface area contributed by atoms with Gasteiger partial charge in [-0.3, -0.25) is 0 Å². The van der Waals surface area contributed by atoms with Crippen molar-refractivity contribution < 1.29 is 0 Å². The standard InChI is InChI=1S/C18H18BrCl/c19-16-10-8-13(9-11-16)12-15-6-3-5-14-4-1-2-7-17(14)18(15)20/h1-2,4,7-11,15,18H,3,5-6,12H2. The number of halogens is 2. The van der Waals surface area contributed by atoms with Crippen molar-refractivity contribution in [3.63, 3.8) is 0 Å². The molecule has 1 aliphatic rings. The monoisotopic (exact) mass is 348 g/mol. The highest BCUT2D eigenvalue weighted by Crippen LogP contribution is 2.39. The average molecular weight is 350 g/mol. The maximum Gasteiger partial charge on any atom is 0.0619 e. The summed E-state index contributed by atoms with van der Waals surface area (Å²) in [4.78, 5) is 0. The Labute approximate surface area is 134 Å². The Morgan fingerprint density at radius 3 is 2.60 bits per heavy atom. The van der Waals surface area contributed by atoms with Crippen LogP contribution in [0, 0.1) is 5.92 Å². The van der Waals surface area contributed by atoms with Crippen LogP contribution < -0.4 is 0 Å². The van der Waals surface area contributed by atoms with Gasteiger partial charge < -0.3 is 0 Å². The van der Waals surface area contributed by atoms with Crippen LogP contribution in [0.1, 0.15) is 34.9 Å². The van der Waals surface area contributed by atoms with Gasteiger partial charge in [0.25, 0.3) is 0 Å². The molecule has 2 atom stereocenters. The van der Waals surface area contributed by atoms with E-state index in [1.165, 1.54) is 29.5 Å². The molecule has 0 nitrogen and oxygen atoms in total. The van der Waals surface area contributed by atoms with E-state index in [2.05, 4.69) is 64.5 Å². The van der Waals surface area contributed by atoms with Gasteiger partial charge in [0, 0.05) is 4.47 Å². The van der Waals surface area contributed by atoms with Crippen LogP contribution in [0.2, 0.25) is 0 Å². The molecule has 104 valence electrons. The minimum atomic E-state index is 0.136. The number of alkyl halides is 1. The number of hydrogen-bond donors (Lipinski definition) is 0. The third kappa shape index (κ3) is 3.10. The maximum absolute atomic E-state index is 6.79. The van der Waals surface area contributed by atoms with Gasteiger partial charge in [0.05, 0.1) is 5.38 Å². The van der Waals surface area contributed by atoms with Crippen molar-refractivity contribution in [2.45, 2.75) is 31.1 Å². The van der Waals surface area contributed by atoms with Crippen molar-refractivity contribution in [3.05, 3.63) is 69.7 Å². The summed E-state index contributed by atoms with van der Waals surface area (Å²) >= 11 is 10.3. The van der Waals surface area contributed by atoms with Gasteiger partial charge in [0.2, 0.25) is 0 Å². The summed E-state index contributed by atoms with van der Waals surface area (Å²) in [6.07, 6.45) is 4.67. The predicted octanol–water partition coefficient (Wildman–Crippen LogP) is 5.92. The van der Waals surface area contributed by atoms with E-state index in [-0.39, 0.29) is 5.38 Å². The fraction of sp³-hybridized carbons (Fsp3) is 0.333. The summed E-state index contributed by atoms with van der Waals surface area (Å²) in [5.41, 5.74) is 4.16. The Morgan fingerprint density at radius 1 is 1.05 bits per heavy atom. The zero-order valence-electron chi connectivity index (χ0n) is 11.4. The first-order chi connectivity index (χ1) is 9.74. The summed E-state index contributed by atoms with van der Waals surface area (Å²) in [7, 11) is 0. The van der Waals surface area contributed by atoms with E-state index in [0.717, 1.165) is 17.3 Å². The molecule has 0 N–H and O–H groups in total. The van der Waals surface area contributed by atoms with Crippen LogP contribution in [-0.4, -0.2) is 0 Å². The molecular formula is C18H18BrCl. The van der Waals surface area contributed by atoms with Gasteiger partial charge in [-0.25, -0.2) is 0 Å². The third-order valence-electron chi connectivity index (χ3n) is 4.20. The van der Waals surface area contributed by atoms with Crippen molar-refractivity contribution in [1.29, 1.82) is 0 Å². The maximum atomic E-state index is 6.79. The average Bonchev–Trinajstić information content (AvgIpc) is 2.62. The van der Waals surface area contributed by atoms with Crippen LogP contribution in [0.4, 0.5) is 0 Å². The predicted molar refractivity (Wildman–Crippen MR) is 89.3 cm³/mol. The molecule has 20 heavy (non-hydrogen) atoms. The van der Waals surface area contributed by atoms with Gasteiger partial charge in [0.1, 0.15) is 0 Å². The fourth-order valence-corrected chi connectivity index (χ4v) is 3.81. The van der Waals surface area contributed by atoms with Crippen molar-refractivity contribution >= 4 is 27.5 Å². The van der Waals surface area contributed by atoms with Crippen molar-refractivity contribution in [2.24, 2.45) is 5.92 Å². The van der Waals surface area contributed by atoms with Crippen LogP contribution in [0.15, 0.2) is 53.0 Å². The third-order valence-corrected chi connectivity index (χ3v) is 5.32. The van der Waals surface area contributed by atoms with Gasteiger partial charge in [-0.2, -0.15) is 0 Å². The lowest BCUT2D eigenvalue weighted by atomic mass is 9.90. The summed E-state index contributed by atoms with van der Waals surface area (Å²) in [5.74, 6) is 0.529. The number of hydrogen-bond acceptors (Lipinski definition) is 0. The molecule has 2 heteroatoms. The van der Waals surface area contributed by atoms with E-state index in [0.29, 0.717) is 5.92 Å². The normalized spacial score (nSPS) is 22.1. The zero-order valence-corrected chi connectivity index (χ0v) is 13.7. The molecule has 0 fully saturated rings. The number of aryl methyl sites for hydroxylation is 1. The molecule has 0 saturated carbocycles. The fourth-order valence-electron chi connectivity index (χ4n) is 3.11. The molecule has 2 aromatic carbocycles. The summed E-state index contributed by atoms with van der Waals surface area (Å²) in [6.45, 7) is 0. The Hall–Kier alpha value is -0.790.